The number of esters is 2. The van der Waals surface area contributed by atoms with E-state index < -0.39 is 30.3 Å². The zero-order valence-electron chi connectivity index (χ0n) is 17.8. The molecule has 0 fully saturated rings. The summed E-state index contributed by atoms with van der Waals surface area (Å²) in [6.07, 6.45) is 2.24. The monoisotopic (exact) mass is 447 g/mol. The molecule has 0 spiro atoms. The van der Waals surface area contributed by atoms with Gasteiger partial charge < -0.3 is 14.8 Å². The van der Waals surface area contributed by atoms with Gasteiger partial charge in [0.05, 0.1) is 18.1 Å². The van der Waals surface area contributed by atoms with Gasteiger partial charge in [-0.25, -0.2) is 9.18 Å². The average molecular weight is 448 g/mol. The fourth-order valence-corrected chi connectivity index (χ4v) is 4.87. The summed E-state index contributed by atoms with van der Waals surface area (Å²) in [7, 11) is 0. The maximum absolute atomic E-state index is 12.9. The van der Waals surface area contributed by atoms with Crippen molar-refractivity contribution in [3.63, 3.8) is 0 Å². The van der Waals surface area contributed by atoms with Crippen LogP contribution in [0.5, 0.6) is 0 Å². The van der Waals surface area contributed by atoms with Crippen LogP contribution in [0.2, 0.25) is 0 Å². The molecule has 1 heterocycles. The van der Waals surface area contributed by atoms with Crippen molar-refractivity contribution in [3.8, 4) is 0 Å². The fourth-order valence-electron chi connectivity index (χ4n) is 3.46. The summed E-state index contributed by atoms with van der Waals surface area (Å²) in [5, 5.41) is 3.15. The number of amides is 1. The van der Waals surface area contributed by atoms with Crippen LogP contribution in [-0.2, 0) is 38.3 Å². The Balaban J connectivity index is 1.65. The summed E-state index contributed by atoms with van der Waals surface area (Å²) in [5.41, 5.74) is 1.94. The Kier molecular flexibility index (Phi) is 7.43. The van der Waals surface area contributed by atoms with E-state index in [4.69, 9.17) is 9.47 Å². The average Bonchev–Trinajstić information content (AvgIpc) is 3.04. The molecule has 1 amide bonds. The second kappa shape index (κ2) is 10.0. The van der Waals surface area contributed by atoms with E-state index in [-0.39, 0.29) is 12.5 Å². The molecular weight excluding hydrogens is 421 g/mol. The second-order valence-electron chi connectivity index (χ2n) is 8.02. The van der Waals surface area contributed by atoms with Crippen LogP contribution < -0.4 is 5.32 Å². The van der Waals surface area contributed by atoms with Gasteiger partial charge in [0, 0.05) is 4.88 Å². The Morgan fingerprint density at radius 2 is 1.94 bits per heavy atom. The van der Waals surface area contributed by atoms with E-state index in [1.807, 2.05) is 0 Å². The highest BCUT2D eigenvalue weighted by atomic mass is 32.1. The van der Waals surface area contributed by atoms with E-state index in [0.717, 1.165) is 29.7 Å². The van der Waals surface area contributed by atoms with E-state index in [9.17, 15) is 18.8 Å². The Hall–Kier alpha value is -2.74. The number of benzene rings is 1. The van der Waals surface area contributed by atoms with Crippen LogP contribution in [0.1, 0.15) is 53.6 Å². The molecule has 1 aromatic heterocycles. The molecule has 2 aromatic rings. The first-order chi connectivity index (χ1) is 14.7. The third-order valence-corrected chi connectivity index (χ3v) is 6.11. The van der Waals surface area contributed by atoms with Crippen LogP contribution in [0.3, 0.4) is 0 Å². The van der Waals surface area contributed by atoms with Crippen molar-refractivity contribution in [3.05, 3.63) is 51.7 Å². The van der Waals surface area contributed by atoms with Crippen molar-refractivity contribution < 1.29 is 28.2 Å². The molecule has 0 saturated carbocycles. The number of nitrogens with one attached hydrogen (secondary N) is 1. The van der Waals surface area contributed by atoms with E-state index in [2.05, 4.69) is 12.2 Å². The number of thiophene rings is 1. The van der Waals surface area contributed by atoms with E-state index in [1.54, 1.807) is 13.8 Å². The molecule has 1 aliphatic carbocycles. The lowest BCUT2D eigenvalue weighted by molar-refractivity contribution is -0.146. The Morgan fingerprint density at radius 3 is 2.61 bits per heavy atom. The summed E-state index contributed by atoms with van der Waals surface area (Å²) in [4.78, 5) is 38.2. The number of hydrogen-bond donors (Lipinski definition) is 1. The molecule has 1 N–H and O–H groups in total. The Bertz CT molecular complexity index is 967. The van der Waals surface area contributed by atoms with E-state index >= 15 is 0 Å². The standard InChI is InChI=1S/C23H26FNO5S/c1-13(2)30-23(28)21-17-9-4-14(3)10-18(17)31-22(21)25-19(26)12-29-20(27)11-15-5-7-16(24)8-6-15/h5-8,13-14H,4,9-12H2,1-3H3,(H,25,26). The molecule has 0 saturated heterocycles. The Morgan fingerprint density at radius 1 is 1.23 bits per heavy atom. The number of rotatable bonds is 7. The van der Waals surface area contributed by atoms with Crippen LogP contribution in [0.25, 0.3) is 0 Å². The van der Waals surface area contributed by atoms with Gasteiger partial charge in [0.1, 0.15) is 10.8 Å². The number of anilines is 1. The molecule has 1 aromatic carbocycles. The summed E-state index contributed by atoms with van der Waals surface area (Å²) in [6, 6.07) is 5.49. The van der Waals surface area contributed by atoms with Gasteiger partial charge in [0.25, 0.3) is 5.91 Å². The van der Waals surface area contributed by atoms with Gasteiger partial charge in [0.15, 0.2) is 6.61 Å². The van der Waals surface area contributed by atoms with Gasteiger partial charge in [-0.2, -0.15) is 0 Å². The quantitative estimate of drug-likeness (QED) is 0.640. The third-order valence-electron chi connectivity index (χ3n) is 4.94. The van der Waals surface area contributed by atoms with Crippen LogP contribution in [0.15, 0.2) is 24.3 Å². The topological polar surface area (TPSA) is 81.7 Å². The third kappa shape index (κ3) is 6.13. The van der Waals surface area contributed by atoms with Crippen molar-refractivity contribution in [2.75, 3.05) is 11.9 Å². The molecule has 31 heavy (non-hydrogen) atoms. The lowest BCUT2D eigenvalue weighted by atomic mass is 9.88. The maximum atomic E-state index is 12.9. The first-order valence-corrected chi connectivity index (χ1v) is 11.1. The van der Waals surface area contributed by atoms with Crippen molar-refractivity contribution in [2.45, 2.75) is 52.6 Å². The van der Waals surface area contributed by atoms with E-state index in [1.165, 1.54) is 35.6 Å². The fraction of sp³-hybridized carbons (Fsp3) is 0.435. The highest BCUT2D eigenvalue weighted by Gasteiger charge is 2.29. The molecule has 1 unspecified atom stereocenters. The molecular formula is C23H26FNO5S. The first kappa shape index (κ1) is 22.9. The van der Waals surface area contributed by atoms with Crippen LogP contribution in [0, 0.1) is 11.7 Å². The van der Waals surface area contributed by atoms with Crippen molar-refractivity contribution in [1.29, 1.82) is 0 Å². The van der Waals surface area contributed by atoms with Crippen LogP contribution in [-0.4, -0.2) is 30.6 Å². The Labute approximate surface area is 184 Å². The zero-order chi connectivity index (χ0) is 22.5. The number of halogens is 1. The zero-order valence-corrected chi connectivity index (χ0v) is 18.6. The second-order valence-corrected chi connectivity index (χ2v) is 9.13. The van der Waals surface area contributed by atoms with E-state index in [0.29, 0.717) is 22.0 Å². The molecule has 8 heteroatoms. The van der Waals surface area contributed by atoms with Gasteiger partial charge in [-0.3, -0.25) is 9.59 Å². The number of hydrogen-bond acceptors (Lipinski definition) is 6. The predicted octanol–water partition coefficient (Wildman–Crippen LogP) is 4.30. The van der Waals surface area contributed by atoms with Gasteiger partial charge >= 0.3 is 11.9 Å². The maximum Gasteiger partial charge on any atom is 0.341 e. The molecule has 1 atom stereocenters. The van der Waals surface area contributed by atoms with Crippen LogP contribution in [0.4, 0.5) is 9.39 Å². The van der Waals surface area contributed by atoms with Gasteiger partial charge in [-0.05, 0) is 62.3 Å². The van der Waals surface area contributed by atoms with Crippen molar-refractivity contribution in [1.82, 2.24) is 0 Å². The number of carbonyl (C=O) groups excluding carboxylic acids is 3. The van der Waals surface area contributed by atoms with Crippen molar-refractivity contribution in [2.24, 2.45) is 5.92 Å². The molecule has 0 bridgehead atoms. The SMILES string of the molecule is CC1CCc2c(sc(NC(=O)COC(=O)Cc3ccc(F)cc3)c2C(=O)OC(C)C)C1. The van der Waals surface area contributed by atoms with Crippen molar-refractivity contribution >= 4 is 34.2 Å². The minimum atomic E-state index is -0.597. The lowest BCUT2D eigenvalue weighted by Crippen LogP contribution is -2.23. The summed E-state index contributed by atoms with van der Waals surface area (Å²) in [5.74, 6) is -1.46. The molecule has 1 aliphatic rings. The van der Waals surface area contributed by atoms with Crippen LogP contribution >= 0.6 is 11.3 Å². The summed E-state index contributed by atoms with van der Waals surface area (Å²) in [6.45, 7) is 5.24. The smallest absolute Gasteiger partial charge is 0.341 e. The molecule has 166 valence electrons. The molecule has 0 aliphatic heterocycles. The summed E-state index contributed by atoms with van der Waals surface area (Å²) >= 11 is 1.38. The number of carbonyl (C=O) groups is 3. The van der Waals surface area contributed by atoms with Gasteiger partial charge in [-0.15, -0.1) is 11.3 Å². The minimum Gasteiger partial charge on any atom is -0.459 e. The summed E-state index contributed by atoms with van der Waals surface area (Å²) < 4.78 is 23.4. The number of fused-ring (bicyclic) bond motifs is 1. The molecule has 6 nitrogen and oxygen atoms in total. The minimum absolute atomic E-state index is 0.0648. The van der Waals surface area contributed by atoms with Gasteiger partial charge in [0.2, 0.25) is 0 Å². The predicted molar refractivity (Wildman–Crippen MR) is 116 cm³/mol. The first-order valence-electron chi connectivity index (χ1n) is 10.3. The molecule has 0 radical (unpaired) electrons. The highest BCUT2D eigenvalue weighted by molar-refractivity contribution is 7.17. The van der Waals surface area contributed by atoms with Gasteiger partial charge in [-0.1, -0.05) is 19.1 Å². The lowest BCUT2D eigenvalue weighted by Gasteiger charge is -2.18. The largest absolute Gasteiger partial charge is 0.459 e. The number of ether oxygens (including phenoxy) is 2. The normalized spacial score (nSPS) is 15.3. The molecule has 3 rings (SSSR count). The highest BCUT2D eigenvalue weighted by Crippen LogP contribution is 2.40.